The van der Waals surface area contributed by atoms with Crippen molar-refractivity contribution < 1.29 is 4.39 Å². The van der Waals surface area contributed by atoms with Crippen LogP contribution >= 0.6 is 22.6 Å². The molecule has 0 bridgehead atoms. The zero-order valence-electron chi connectivity index (χ0n) is 10.2. The van der Waals surface area contributed by atoms with Gasteiger partial charge in [-0.2, -0.15) is 0 Å². The van der Waals surface area contributed by atoms with Gasteiger partial charge < -0.3 is 5.73 Å². The Morgan fingerprint density at radius 3 is 2.50 bits per heavy atom. The van der Waals surface area contributed by atoms with Crippen LogP contribution in [-0.4, -0.2) is 0 Å². The highest BCUT2D eigenvalue weighted by atomic mass is 127. The summed E-state index contributed by atoms with van der Waals surface area (Å²) in [5, 5.41) is 0. The summed E-state index contributed by atoms with van der Waals surface area (Å²) in [5.74, 6) is -0.185. The number of benzene rings is 2. The second-order valence-electron chi connectivity index (χ2n) is 4.42. The fourth-order valence-electron chi connectivity index (χ4n) is 1.94. The molecule has 1 atom stereocenters. The summed E-state index contributed by atoms with van der Waals surface area (Å²) in [7, 11) is 0. The maximum absolute atomic E-state index is 13.9. The van der Waals surface area contributed by atoms with Crippen LogP contribution in [0.4, 0.5) is 4.39 Å². The van der Waals surface area contributed by atoms with Gasteiger partial charge >= 0.3 is 0 Å². The Kier molecular flexibility index (Phi) is 4.35. The summed E-state index contributed by atoms with van der Waals surface area (Å²) in [6.45, 7) is 1.76. The number of aryl methyl sites for hydroxylation is 1. The van der Waals surface area contributed by atoms with Crippen LogP contribution in [0.1, 0.15) is 22.7 Å². The van der Waals surface area contributed by atoms with Crippen LogP contribution in [0.25, 0.3) is 0 Å². The summed E-state index contributed by atoms with van der Waals surface area (Å²) in [6.07, 6.45) is 0.650. The molecule has 1 unspecified atom stereocenters. The molecule has 0 aliphatic rings. The molecule has 0 amide bonds. The van der Waals surface area contributed by atoms with Crippen molar-refractivity contribution >= 4 is 22.6 Å². The van der Waals surface area contributed by atoms with Crippen LogP contribution in [0.15, 0.2) is 42.5 Å². The van der Waals surface area contributed by atoms with Crippen LogP contribution < -0.4 is 5.73 Å². The van der Waals surface area contributed by atoms with Crippen LogP contribution in [0.2, 0.25) is 0 Å². The van der Waals surface area contributed by atoms with E-state index < -0.39 is 0 Å². The van der Waals surface area contributed by atoms with Gasteiger partial charge in [0, 0.05) is 15.2 Å². The van der Waals surface area contributed by atoms with E-state index in [0.717, 1.165) is 5.56 Å². The van der Waals surface area contributed by atoms with E-state index in [1.807, 2.05) is 30.3 Å². The highest BCUT2D eigenvalue weighted by Gasteiger charge is 2.13. The minimum atomic E-state index is -0.301. The Balaban J connectivity index is 2.19. The zero-order chi connectivity index (χ0) is 13.1. The summed E-state index contributed by atoms with van der Waals surface area (Å²) in [4.78, 5) is 0. The summed E-state index contributed by atoms with van der Waals surface area (Å²) in [5.41, 5.74) is 8.46. The molecule has 0 radical (unpaired) electrons. The molecule has 0 aliphatic heterocycles. The lowest BCUT2D eigenvalue weighted by Crippen LogP contribution is -2.15. The molecule has 2 rings (SSSR count). The molecule has 1 nitrogen and oxygen atoms in total. The highest BCUT2D eigenvalue weighted by Crippen LogP contribution is 2.21. The summed E-state index contributed by atoms with van der Waals surface area (Å²) < 4.78 is 15.1. The van der Waals surface area contributed by atoms with Crippen molar-refractivity contribution in [1.82, 2.24) is 0 Å². The molecular weight excluding hydrogens is 340 g/mol. The van der Waals surface area contributed by atoms with Gasteiger partial charge in [-0.1, -0.05) is 30.3 Å². The van der Waals surface area contributed by atoms with Crippen molar-refractivity contribution in [1.29, 1.82) is 0 Å². The van der Waals surface area contributed by atoms with Gasteiger partial charge in [0.25, 0.3) is 0 Å². The van der Waals surface area contributed by atoms with Gasteiger partial charge in [0.2, 0.25) is 0 Å². The molecule has 0 saturated carbocycles. The average molecular weight is 355 g/mol. The van der Waals surface area contributed by atoms with Crippen molar-refractivity contribution in [2.45, 2.75) is 19.4 Å². The third-order valence-electron chi connectivity index (χ3n) is 2.99. The van der Waals surface area contributed by atoms with E-state index in [2.05, 4.69) is 22.6 Å². The van der Waals surface area contributed by atoms with E-state index in [9.17, 15) is 4.39 Å². The van der Waals surface area contributed by atoms with Crippen LogP contribution in [0, 0.1) is 16.3 Å². The quantitative estimate of drug-likeness (QED) is 0.829. The van der Waals surface area contributed by atoms with Crippen LogP contribution in [0.5, 0.6) is 0 Å². The minimum absolute atomic E-state index is 0.185. The molecule has 0 heterocycles. The molecule has 3 heteroatoms. The Bertz CT molecular complexity index is 537. The third-order valence-corrected chi connectivity index (χ3v) is 3.71. The predicted molar refractivity (Wildman–Crippen MR) is 80.9 cm³/mol. The van der Waals surface area contributed by atoms with E-state index in [4.69, 9.17) is 5.73 Å². The normalized spacial score (nSPS) is 12.4. The summed E-state index contributed by atoms with van der Waals surface area (Å²) in [6, 6.07) is 13.2. The predicted octanol–water partition coefficient (Wildman–Crippen LogP) is 3.98. The molecular formula is C15H15FIN. The van der Waals surface area contributed by atoms with Crippen molar-refractivity contribution in [2.75, 3.05) is 0 Å². The first kappa shape index (κ1) is 13.5. The Labute approximate surface area is 120 Å². The third kappa shape index (κ3) is 3.09. The number of halogens is 2. The lowest BCUT2D eigenvalue weighted by molar-refractivity contribution is 0.573. The number of hydrogen-bond donors (Lipinski definition) is 1. The zero-order valence-corrected chi connectivity index (χ0v) is 12.3. The molecule has 0 spiro atoms. The second-order valence-corrected chi connectivity index (χ2v) is 5.66. The Morgan fingerprint density at radius 1 is 1.17 bits per heavy atom. The van der Waals surface area contributed by atoms with Crippen LogP contribution in [-0.2, 0) is 6.42 Å². The molecule has 94 valence electrons. The van der Waals surface area contributed by atoms with E-state index in [1.54, 1.807) is 19.1 Å². The molecule has 0 fully saturated rings. The van der Waals surface area contributed by atoms with Gasteiger partial charge in [0.1, 0.15) is 5.82 Å². The lowest BCUT2D eigenvalue weighted by atomic mass is 9.98. The smallest absolute Gasteiger partial charge is 0.130 e. The fourth-order valence-corrected chi connectivity index (χ4v) is 2.30. The van der Waals surface area contributed by atoms with Crippen molar-refractivity contribution in [3.8, 4) is 0 Å². The van der Waals surface area contributed by atoms with Crippen molar-refractivity contribution in [2.24, 2.45) is 5.73 Å². The molecule has 0 aromatic heterocycles. The summed E-state index contributed by atoms with van der Waals surface area (Å²) >= 11 is 2.26. The van der Waals surface area contributed by atoms with Gasteiger partial charge in [-0.05, 0) is 59.2 Å². The van der Waals surface area contributed by atoms with Crippen LogP contribution in [0.3, 0.4) is 0 Å². The average Bonchev–Trinajstić information content (AvgIpc) is 2.35. The van der Waals surface area contributed by atoms with E-state index in [1.165, 1.54) is 3.57 Å². The molecule has 2 aromatic rings. The van der Waals surface area contributed by atoms with Crippen molar-refractivity contribution in [3.63, 3.8) is 0 Å². The van der Waals surface area contributed by atoms with Gasteiger partial charge in [0.15, 0.2) is 0 Å². The Hall–Kier alpha value is -0.940. The maximum atomic E-state index is 13.9. The van der Waals surface area contributed by atoms with Crippen molar-refractivity contribution in [3.05, 3.63) is 68.5 Å². The number of hydrogen-bond acceptors (Lipinski definition) is 1. The molecule has 0 aliphatic carbocycles. The first-order chi connectivity index (χ1) is 8.58. The molecule has 18 heavy (non-hydrogen) atoms. The van der Waals surface area contributed by atoms with Gasteiger partial charge in [-0.3, -0.25) is 0 Å². The first-order valence-corrected chi connectivity index (χ1v) is 6.91. The SMILES string of the molecule is Cc1cccc(C(N)Cc2ccc(I)cc2)c1F. The van der Waals surface area contributed by atoms with Gasteiger partial charge in [-0.25, -0.2) is 4.39 Å². The standard InChI is InChI=1S/C15H15FIN/c1-10-3-2-4-13(15(10)16)14(18)9-11-5-7-12(17)8-6-11/h2-8,14H,9,18H2,1H3. The van der Waals surface area contributed by atoms with Gasteiger partial charge in [-0.15, -0.1) is 0 Å². The first-order valence-electron chi connectivity index (χ1n) is 5.83. The molecule has 2 aromatic carbocycles. The maximum Gasteiger partial charge on any atom is 0.130 e. The monoisotopic (exact) mass is 355 g/mol. The fraction of sp³-hybridized carbons (Fsp3) is 0.200. The van der Waals surface area contributed by atoms with E-state index in [-0.39, 0.29) is 11.9 Å². The topological polar surface area (TPSA) is 26.0 Å². The number of rotatable bonds is 3. The molecule has 2 N–H and O–H groups in total. The lowest BCUT2D eigenvalue weighted by Gasteiger charge is -2.14. The molecule has 0 saturated heterocycles. The Morgan fingerprint density at radius 2 is 1.83 bits per heavy atom. The largest absolute Gasteiger partial charge is 0.324 e. The second kappa shape index (κ2) is 5.80. The number of nitrogens with two attached hydrogens (primary N) is 1. The van der Waals surface area contributed by atoms with E-state index >= 15 is 0 Å². The van der Waals surface area contributed by atoms with E-state index in [0.29, 0.717) is 17.5 Å². The minimum Gasteiger partial charge on any atom is -0.324 e. The van der Waals surface area contributed by atoms with Gasteiger partial charge in [0.05, 0.1) is 0 Å². The highest BCUT2D eigenvalue weighted by molar-refractivity contribution is 14.1.